The van der Waals surface area contributed by atoms with E-state index in [9.17, 15) is 4.79 Å². The fraction of sp³-hybridized carbons (Fsp3) is 0.889. The second-order valence-electron chi connectivity index (χ2n) is 3.21. The second-order valence-corrected chi connectivity index (χ2v) is 3.21. The maximum absolute atomic E-state index is 11.4. The first-order valence-electron chi connectivity index (χ1n) is 4.65. The molecule has 0 aromatic carbocycles. The van der Waals surface area contributed by atoms with Crippen LogP contribution in [-0.4, -0.2) is 32.2 Å². The van der Waals surface area contributed by atoms with E-state index in [4.69, 9.17) is 10.5 Å². The van der Waals surface area contributed by atoms with Crippen LogP contribution in [-0.2, 0) is 9.53 Å². The zero-order valence-corrected chi connectivity index (χ0v) is 8.67. The van der Waals surface area contributed by atoms with Crippen LogP contribution in [0.1, 0.15) is 20.3 Å². The molecule has 2 atom stereocenters. The van der Waals surface area contributed by atoms with E-state index >= 15 is 0 Å². The van der Waals surface area contributed by atoms with E-state index in [1.54, 1.807) is 7.11 Å². The molecular weight excluding hydrogens is 168 g/mol. The monoisotopic (exact) mass is 188 g/mol. The fourth-order valence-electron chi connectivity index (χ4n) is 0.913. The van der Waals surface area contributed by atoms with Gasteiger partial charge in [0.25, 0.3) is 0 Å². The quantitative estimate of drug-likeness (QED) is 0.622. The SMILES string of the molecule is CCC(COC)NC(=O)C(C)CN. The van der Waals surface area contributed by atoms with Crippen LogP contribution in [0.15, 0.2) is 0 Å². The molecule has 3 N–H and O–H groups in total. The highest BCUT2D eigenvalue weighted by Crippen LogP contribution is 1.96. The highest BCUT2D eigenvalue weighted by molar-refractivity contribution is 5.78. The number of nitrogens with two attached hydrogens (primary N) is 1. The highest BCUT2D eigenvalue weighted by Gasteiger charge is 2.14. The van der Waals surface area contributed by atoms with Crippen molar-refractivity contribution in [1.29, 1.82) is 0 Å². The Morgan fingerprint density at radius 3 is 2.62 bits per heavy atom. The molecule has 0 rings (SSSR count). The number of hydrogen-bond acceptors (Lipinski definition) is 3. The minimum atomic E-state index is -0.120. The third-order valence-corrected chi connectivity index (χ3v) is 2.01. The Morgan fingerprint density at radius 2 is 2.23 bits per heavy atom. The highest BCUT2D eigenvalue weighted by atomic mass is 16.5. The van der Waals surface area contributed by atoms with Gasteiger partial charge in [-0.15, -0.1) is 0 Å². The topological polar surface area (TPSA) is 64.3 Å². The second kappa shape index (κ2) is 6.86. The first kappa shape index (κ1) is 12.4. The van der Waals surface area contributed by atoms with Crippen molar-refractivity contribution < 1.29 is 9.53 Å². The summed E-state index contributed by atoms with van der Waals surface area (Å²) < 4.78 is 4.96. The van der Waals surface area contributed by atoms with Gasteiger partial charge in [0.05, 0.1) is 12.6 Å². The molecule has 13 heavy (non-hydrogen) atoms. The standard InChI is InChI=1S/C9H20N2O2/c1-4-8(6-13-3)11-9(12)7(2)5-10/h7-8H,4-6,10H2,1-3H3,(H,11,12). The molecular formula is C9H20N2O2. The van der Waals surface area contributed by atoms with Gasteiger partial charge in [-0.05, 0) is 6.42 Å². The maximum Gasteiger partial charge on any atom is 0.224 e. The molecule has 78 valence electrons. The molecule has 0 fully saturated rings. The molecule has 0 bridgehead atoms. The van der Waals surface area contributed by atoms with Crippen LogP contribution in [0.4, 0.5) is 0 Å². The lowest BCUT2D eigenvalue weighted by molar-refractivity contribution is -0.125. The van der Waals surface area contributed by atoms with Gasteiger partial charge in [-0.2, -0.15) is 0 Å². The van der Waals surface area contributed by atoms with E-state index in [0.717, 1.165) is 6.42 Å². The summed E-state index contributed by atoms with van der Waals surface area (Å²) in [4.78, 5) is 11.4. The minimum Gasteiger partial charge on any atom is -0.383 e. The smallest absolute Gasteiger partial charge is 0.224 e. The van der Waals surface area contributed by atoms with Crippen LogP contribution in [0.5, 0.6) is 0 Å². The lowest BCUT2D eigenvalue weighted by Crippen LogP contribution is -2.42. The van der Waals surface area contributed by atoms with Gasteiger partial charge >= 0.3 is 0 Å². The van der Waals surface area contributed by atoms with Crippen molar-refractivity contribution in [2.75, 3.05) is 20.3 Å². The predicted molar refractivity (Wildman–Crippen MR) is 52.3 cm³/mol. The van der Waals surface area contributed by atoms with E-state index in [0.29, 0.717) is 13.2 Å². The Hall–Kier alpha value is -0.610. The van der Waals surface area contributed by atoms with Crippen molar-refractivity contribution in [2.24, 2.45) is 11.7 Å². The predicted octanol–water partition coefficient (Wildman–Crippen LogP) is 0.122. The Labute approximate surface area is 79.8 Å². The van der Waals surface area contributed by atoms with E-state index < -0.39 is 0 Å². The van der Waals surface area contributed by atoms with Crippen LogP contribution < -0.4 is 11.1 Å². The number of carbonyl (C=O) groups is 1. The van der Waals surface area contributed by atoms with Gasteiger partial charge in [-0.25, -0.2) is 0 Å². The summed E-state index contributed by atoms with van der Waals surface area (Å²) in [7, 11) is 1.63. The summed E-state index contributed by atoms with van der Waals surface area (Å²) in [6.07, 6.45) is 0.872. The summed E-state index contributed by atoms with van der Waals surface area (Å²) in [5.41, 5.74) is 5.37. The summed E-state index contributed by atoms with van der Waals surface area (Å²) in [5.74, 6) is -0.114. The average Bonchev–Trinajstić information content (AvgIpc) is 2.15. The van der Waals surface area contributed by atoms with Crippen molar-refractivity contribution >= 4 is 5.91 Å². The number of ether oxygens (including phenoxy) is 1. The fourth-order valence-corrected chi connectivity index (χ4v) is 0.913. The van der Waals surface area contributed by atoms with Crippen LogP contribution in [0, 0.1) is 5.92 Å². The summed E-state index contributed by atoms with van der Waals surface area (Å²) in [6.45, 7) is 4.76. The van der Waals surface area contributed by atoms with Crippen molar-refractivity contribution in [2.45, 2.75) is 26.3 Å². The van der Waals surface area contributed by atoms with Crippen LogP contribution in [0.3, 0.4) is 0 Å². The first-order valence-corrected chi connectivity index (χ1v) is 4.65. The molecule has 0 aliphatic heterocycles. The molecule has 4 heteroatoms. The van der Waals surface area contributed by atoms with Gasteiger partial charge in [0.2, 0.25) is 5.91 Å². The van der Waals surface area contributed by atoms with E-state index in [2.05, 4.69) is 5.32 Å². The van der Waals surface area contributed by atoms with Gasteiger partial charge < -0.3 is 15.8 Å². The van der Waals surface area contributed by atoms with Crippen molar-refractivity contribution in [3.05, 3.63) is 0 Å². The molecule has 4 nitrogen and oxygen atoms in total. The zero-order valence-electron chi connectivity index (χ0n) is 8.67. The van der Waals surface area contributed by atoms with Gasteiger partial charge in [0.1, 0.15) is 0 Å². The van der Waals surface area contributed by atoms with Gasteiger partial charge in [-0.1, -0.05) is 13.8 Å². The number of hydrogen-bond donors (Lipinski definition) is 2. The molecule has 2 unspecified atom stereocenters. The van der Waals surface area contributed by atoms with Crippen molar-refractivity contribution in [3.63, 3.8) is 0 Å². The number of rotatable bonds is 6. The molecule has 0 spiro atoms. The average molecular weight is 188 g/mol. The number of nitrogens with one attached hydrogen (secondary N) is 1. The Bertz CT molecular complexity index is 151. The molecule has 0 saturated heterocycles. The van der Waals surface area contributed by atoms with E-state index in [1.165, 1.54) is 0 Å². The molecule has 0 radical (unpaired) electrons. The van der Waals surface area contributed by atoms with Crippen molar-refractivity contribution in [1.82, 2.24) is 5.32 Å². The molecule has 0 heterocycles. The summed E-state index contributed by atoms with van der Waals surface area (Å²) in [6, 6.07) is 0.103. The molecule has 0 aliphatic rings. The summed E-state index contributed by atoms with van der Waals surface area (Å²) >= 11 is 0. The number of amides is 1. The normalized spacial score (nSPS) is 15.1. The minimum absolute atomic E-state index is 0.00593. The Morgan fingerprint density at radius 1 is 1.62 bits per heavy atom. The first-order chi connectivity index (χ1) is 6.15. The van der Waals surface area contributed by atoms with Crippen LogP contribution >= 0.6 is 0 Å². The third kappa shape index (κ3) is 4.85. The van der Waals surface area contributed by atoms with Crippen molar-refractivity contribution in [3.8, 4) is 0 Å². The van der Waals surface area contributed by atoms with Gasteiger partial charge in [0.15, 0.2) is 0 Å². The van der Waals surface area contributed by atoms with Gasteiger partial charge in [0, 0.05) is 19.6 Å². The summed E-state index contributed by atoms with van der Waals surface area (Å²) in [5, 5.41) is 2.87. The lowest BCUT2D eigenvalue weighted by Gasteiger charge is -2.18. The van der Waals surface area contributed by atoms with E-state index in [1.807, 2.05) is 13.8 Å². The molecule has 1 amide bonds. The van der Waals surface area contributed by atoms with Gasteiger partial charge in [-0.3, -0.25) is 4.79 Å². The molecule has 0 aromatic heterocycles. The maximum atomic E-state index is 11.4. The molecule has 0 saturated carbocycles. The molecule has 0 aliphatic carbocycles. The Balaban J connectivity index is 3.85. The van der Waals surface area contributed by atoms with E-state index in [-0.39, 0.29) is 17.9 Å². The zero-order chi connectivity index (χ0) is 10.3. The largest absolute Gasteiger partial charge is 0.383 e. The number of methoxy groups -OCH3 is 1. The Kier molecular flexibility index (Phi) is 6.54. The lowest BCUT2D eigenvalue weighted by atomic mass is 10.1. The number of carbonyl (C=O) groups excluding carboxylic acids is 1. The molecule has 0 aromatic rings. The third-order valence-electron chi connectivity index (χ3n) is 2.01. The van der Waals surface area contributed by atoms with Crippen LogP contribution in [0.2, 0.25) is 0 Å². The van der Waals surface area contributed by atoms with Crippen LogP contribution in [0.25, 0.3) is 0 Å².